The molecule has 0 heterocycles. The SMILES string of the molecule is Cc1ccc(Br)c(NS(=O)(=O)c2ccccc2Cl)c1. The molecule has 0 aliphatic rings. The van der Waals surface area contributed by atoms with Crippen LogP contribution in [-0.4, -0.2) is 8.42 Å². The zero-order valence-electron chi connectivity index (χ0n) is 10.0. The van der Waals surface area contributed by atoms with Gasteiger partial charge in [0.1, 0.15) is 4.90 Å². The van der Waals surface area contributed by atoms with Crippen molar-refractivity contribution in [1.29, 1.82) is 0 Å². The van der Waals surface area contributed by atoms with E-state index in [2.05, 4.69) is 20.7 Å². The van der Waals surface area contributed by atoms with Crippen LogP contribution in [0, 0.1) is 6.92 Å². The van der Waals surface area contributed by atoms with Crippen LogP contribution in [0.2, 0.25) is 5.02 Å². The van der Waals surface area contributed by atoms with E-state index in [0.717, 1.165) is 5.56 Å². The summed E-state index contributed by atoms with van der Waals surface area (Å²) in [6.45, 7) is 1.89. The molecule has 0 unspecified atom stereocenters. The molecule has 0 radical (unpaired) electrons. The second kappa shape index (κ2) is 5.53. The van der Waals surface area contributed by atoms with Gasteiger partial charge in [-0.15, -0.1) is 0 Å². The molecule has 0 amide bonds. The maximum Gasteiger partial charge on any atom is 0.263 e. The average Bonchev–Trinajstić information content (AvgIpc) is 2.34. The smallest absolute Gasteiger partial charge is 0.263 e. The molecule has 6 heteroatoms. The normalized spacial score (nSPS) is 11.3. The molecule has 0 aliphatic heterocycles. The predicted molar refractivity (Wildman–Crippen MR) is 81.1 cm³/mol. The summed E-state index contributed by atoms with van der Waals surface area (Å²) in [4.78, 5) is 0.0603. The molecule has 2 aromatic rings. The van der Waals surface area contributed by atoms with Gasteiger partial charge in [0.05, 0.1) is 10.7 Å². The van der Waals surface area contributed by atoms with Gasteiger partial charge in [0.2, 0.25) is 0 Å². The third-order valence-corrected chi connectivity index (χ3v) is 5.05. The number of hydrogen-bond acceptors (Lipinski definition) is 2. The molecule has 0 fully saturated rings. The number of aryl methyl sites for hydroxylation is 1. The largest absolute Gasteiger partial charge is 0.278 e. The van der Waals surface area contributed by atoms with Crippen molar-refractivity contribution in [2.24, 2.45) is 0 Å². The van der Waals surface area contributed by atoms with Crippen molar-refractivity contribution in [3.63, 3.8) is 0 Å². The molecular formula is C13H11BrClNO2S. The fourth-order valence-corrected chi connectivity index (χ4v) is 3.65. The Labute approximate surface area is 125 Å². The summed E-state index contributed by atoms with van der Waals surface area (Å²) in [5, 5.41) is 0.193. The molecule has 0 bridgehead atoms. The van der Waals surface area contributed by atoms with Crippen LogP contribution >= 0.6 is 27.5 Å². The van der Waals surface area contributed by atoms with E-state index in [9.17, 15) is 8.42 Å². The van der Waals surface area contributed by atoms with Gasteiger partial charge in [0, 0.05) is 4.47 Å². The molecule has 100 valence electrons. The lowest BCUT2D eigenvalue weighted by atomic mass is 10.2. The molecule has 0 aliphatic carbocycles. The molecule has 19 heavy (non-hydrogen) atoms. The van der Waals surface area contributed by atoms with Crippen molar-refractivity contribution < 1.29 is 8.42 Å². The van der Waals surface area contributed by atoms with Crippen LogP contribution in [0.4, 0.5) is 5.69 Å². The quantitative estimate of drug-likeness (QED) is 0.891. The predicted octanol–water partition coefficient (Wildman–Crippen LogP) is 4.21. The Bertz CT molecular complexity index is 716. The molecule has 0 spiro atoms. The van der Waals surface area contributed by atoms with E-state index in [4.69, 9.17) is 11.6 Å². The summed E-state index contributed by atoms with van der Waals surface area (Å²) < 4.78 is 27.7. The monoisotopic (exact) mass is 359 g/mol. The standard InChI is InChI=1S/C13H11BrClNO2S/c1-9-6-7-10(14)12(8-9)16-19(17,18)13-5-3-2-4-11(13)15/h2-8,16H,1H3. The highest BCUT2D eigenvalue weighted by Gasteiger charge is 2.18. The van der Waals surface area contributed by atoms with Crippen molar-refractivity contribution in [3.05, 3.63) is 57.5 Å². The van der Waals surface area contributed by atoms with Crippen molar-refractivity contribution in [2.75, 3.05) is 4.72 Å². The molecule has 3 nitrogen and oxygen atoms in total. The lowest BCUT2D eigenvalue weighted by molar-refractivity contribution is 0.601. The summed E-state index contributed by atoms with van der Waals surface area (Å²) in [5.41, 5.74) is 1.44. The summed E-state index contributed by atoms with van der Waals surface area (Å²) in [5.74, 6) is 0. The molecule has 0 atom stereocenters. The van der Waals surface area contributed by atoms with Crippen molar-refractivity contribution in [1.82, 2.24) is 0 Å². The van der Waals surface area contributed by atoms with E-state index in [0.29, 0.717) is 10.2 Å². The van der Waals surface area contributed by atoms with Crippen LogP contribution in [0.3, 0.4) is 0 Å². The van der Waals surface area contributed by atoms with Gasteiger partial charge in [0.15, 0.2) is 0 Å². The van der Waals surface area contributed by atoms with E-state index in [1.54, 1.807) is 30.3 Å². The van der Waals surface area contributed by atoms with Gasteiger partial charge in [-0.05, 0) is 52.7 Å². The van der Waals surface area contributed by atoms with Crippen LogP contribution in [0.15, 0.2) is 51.8 Å². The number of hydrogen-bond donors (Lipinski definition) is 1. The van der Waals surface area contributed by atoms with E-state index < -0.39 is 10.0 Å². The molecule has 1 N–H and O–H groups in total. The second-order valence-corrected chi connectivity index (χ2v) is 6.93. The Morgan fingerprint density at radius 3 is 2.53 bits per heavy atom. The highest BCUT2D eigenvalue weighted by Crippen LogP contribution is 2.28. The first-order valence-corrected chi connectivity index (χ1v) is 8.09. The topological polar surface area (TPSA) is 46.2 Å². The Hall–Kier alpha value is -1.04. The minimum Gasteiger partial charge on any atom is -0.278 e. The average molecular weight is 361 g/mol. The number of nitrogens with one attached hydrogen (secondary N) is 1. The second-order valence-electron chi connectivity index (χ2n) is 4.02. The molecule has 2 rings (SSSR count). The number of rotatable bonds is 3. The number of anilines is 1. The van der Waals surface area contributed by atoms with Crippen LogP contribution in [0.1, 0.15) is 5.56 Å². The van der Waals surface area contributed by atoms with Gasteiger partial charge in [-0.3, -0.25) is 4.72 Å². The first-order chi connectivity index (χ1) is 8.90. The van der Waals surface area contributed by atoms with Gasteiger partial charge < -0.3 is 0 Å². The lowest BCUT2D eigenvalue weighted by Crippen LogP contribution is -2.13. The van der Waals surface area contributed by atoms with Crippen molar-refractivity contribution in [2.45, 2.75) is 11.8 Å². The van der Waals surface area contributed by atoms with Gasteiger partial charge in [0.25, 0.3) is 10.0 Å². The maximum absolute atomic E-state index is 12.3. The van der Waals surface area contributed by atoms with Crippen LogP contribution in [-0.2, 0) is 10.0 Å². The molecule has 0 aromatic heterocycles. The zero-order valence-corrected chi connectivity index (χ0v) is 13.2. The Balaban J connectivity index is 2.43. The van der Waals surface area contributed by atoms with Gasteiger partial charge in [-0.25, -0.2) is 8.42 Å². The summed E-state index contributed by atoms with van der Waals surface area (Å²) in [6, 6.07) is 11.8. The lowest BCUT2D eigenvalue weighted by Gasteiger charge is -2.11. The third-order valence-electron chi connectivity index (χ3n) is 2.49. The molecule has 2 aromatic carbocycles. The minimum atomic E-state index is -3.70. The van der Waals surface area contributed by atoms with Gasteiger partial charge >= 0.3 is 0 Å². The molecule has 0 saturated heterocycles. The number of benzene rings is 2. The Morgan fingerprint density at radius 2 is 1.84 bits per heavy atom. The van der Waals surface area contributed by atoms with Crippen LogP contribution in [0.5, 0.6) is 0 Å². The third kappa shape index (κ3) is 3.29. The molecular weight excluding hydrogens is 350 g/mol. The maximum atomic E-state index is 12.3. The molecule has 0 saturated carbocycles. The summed E-state index contributed by atoms with van der Waals surface area (Å²) in [7, 11) is -3.70. The van der Waals surface area contributed by atoms with E-state index in [1.807, 2.05) is 13.0 Å². The van der Waals surface area contributed by atoms with Crippen LogP contribution < -0.4 is 4.72 Å². The van der Waals surface area contributed by atoms with Gasteiger partial charge in [-0.1, -0.05) is 29.8 Å². The van der Waals surface area contributed by atoms with Crippen molar-refractivity contribution >= 4 is 43.2 Å². The highest BCUT2D eigenvalue weighted by atomic mass is 79.9. The van der Waals surface area contributed by atoms with E-state index >= 15 is 0 Å². The fraction of sp³-hybridized carbons (Fsp3) is 0.0769. The van der Waals surface area contributed by atoms with E-state index in [1.165, 1.54) is 6.07 Å². The first kappa shape index (κ1) is 14.4. The first-order valence-electron chi connectivity index (χ1n) is 5.43. The summed E-state index contributed by atoms with van der Waals surface area (Å²) in [6.07, 6.45) is 0. The van der Waals surface area contributed by atoms with Crippen molar-refractivity contribution in [3.8, 4) is 0 Å². The van der Waals surface area contributed by atoms with Gasteiger partial charge in [-0.2, -0.15) is 0 Å². The number of sulfonamides is 1. The summed E-state index contributed by atoms with van der Waals surface area (Å²) >= 11 is 9.23. The van der Waals surface area contributed by atoms with E-state index in [-0.39, 0.29) is 9.92 Å². The highest BCUT2D eigenvalue weighted by molar-refractivity contribution is 9.10. The fourth-order valence-electron chi connectivity index (χ4n) is 1.58. The Kier molecular flexibility index (Phi) is 4.18. The Morgan fingerprint density at radius 1 is 1.16 bits per heavy atom. The van der Waals surface area contributed by atoms with Crippen LogP contribution in [0.25, 0.3) is 0 Å². The number of halogens is 2. The zero-order chi connectivity index (χ0) is 14.0. The minimum absolute atomic E-state index is 0.0603.